The summed E-state index contributed by atoms with van der Waals surface area (Å²) in [4.78, 5) is 15.5. The molecule has 1 aromatic heterocycles. The summed E-state index contributed by atoms with van der Waals surface area (Å²) >= 11 is 0. The quantitative estimate of drug-likeness (QED) is 0.718. The molecular weight excluding hydrogens is 192 g/mol. The highest BCUT2D eigenvalue weighted by Crippen LogP contribution is 2.28. The van der Waals surface area contributed by atoms with Gasteiger partial charge in [-0.15, -0.1) is 0 Å². The van der Waals surface area contributed by atoms with Gasteiger partial charge < -0.3 is 10.1 Å². The number of pyridine rings is 1. The number of aromatic nitrogens is 1. The zero-order valence-electron chi connectivity index (χ0n) is 8.64. The summed E-state index contributed by atoms with van der Waals surface area (Å²) in [5, 5.41) is 3.21. The number of methoxy groups -OCH3 is 1. The fourth-order valence-electron chi connectivity index (χ4n) is 2.04. The van der Waals surface area contributed by atoms with Gasteiger partial charge in [-0.25, -0.2) is 0 Å². The largest absolute Gasteiger partial charge is 0.469 e. The molecule has 0 amide bonds. The number of hydrogen-bond donors (Lipinski definition) is 1. The second kappa shape index (κ2) is 4.40. The normalized spacial score (nSPS) is 25.1. The zero-order chi connectivity index (χ0) is 10.7. The van der Waals surface area contributed by atoms with Crippen LogP contribution < -0.4 is 5.32 Å². The van der Waals surface area contributed by atoms with E-state index in [0.29, 0.717) is 6.54 Å². The monoisotopic (exact) mass is 206 g/mol. The van der Waals surface area contributed by atoms with E-state index in [2.05, 4.69) is 10.3 Å². The molecule has 2 atom stereocenters. The maximum Gasteiger partial charge on any atom is 0.310 e. The Hall–Kier alpha value is -1.42. The van der Waals surface area contributed by atoms with Gasteiger partial charge in [-0.05, 0) is 17.7 Å². The van der Waals surface area contributed by atoms with Crippen molar-refractivity contribution >= 4 is 5.97 Å². The average Bonchev–Trinajstić information content (AvgIpc) is 2.78. The van der Waals surface area contributed by atoms with Crippen molar-refractivity contribution < 1.29 is 9.53 Å². The molecule has 4 heteroatoms. The summed E-state index contributed by atoms with van der Waals surface area (Å²) < 4.78 is 4.79. The number of rotatable bonds is 2. The lowest BCUT2D eigenvalue weighted by molar-refractivity contribution is -0.145. The molecule has 0 spiro atoms. The number of carbonyl (C=O) groups excluding carboxylic acids is 1. The Morgan fingerprint density at radius 1 is 1.47 bits per heavy atom. The Labute approximate surface area is 88.7 Å². The fourth-order valence-corrected chi connectivity index (χ4v) is 2.04. The number of carbonyl (C=O) groups is 1. The van der Waals surface area contributed by atoms with E-state index in [-0.39, 0.29) is 17.8 Å². The van der Waals surface area contributed by atoms with Crippen LogP contribution in [0.4, 0.5) is 0 Å². The van der Waals surface area contributed by atoms with Crippen molar-refractivity contribution in [3.63, 3.8) is 0 Å². The molecule has 2 rings (SSSR count). The van der Waals surface area contributed by atoms with Crippen LogP contribution in [0.15, 0.2) is 24.5 Å². The van der Waals surface area contributed by atoms with E-state index in [9.17, 15) is 4.79 Å². The highest BCUT2D eigenvalue weighted by atomic mass is 16.5. The lowest BCUT2D eigenvalue weighted by Gasteiger charge is -2.16. The molecule has 0 saturated carbocycles. The van der Waals surface area contributed by atoms with Crippen LogP contribution in [0.5, 0.6) is 0 Å². The first-order valence-electron chi connectivity index (χ1n) is 5.01. The van der Waals surface area contributed by atoms with Crippen molar-refractivity contribution in [2.24, 2.45) is 5.92 Å². The first kappa shape index (κ1) is 10.1. The Kier molecular flexibility index (Phi) is 2.97. The SMILES string of the molecule is COC(=O)[C@@H]1CNC[C@H]1c1ccncc1. The van der Waals surface area contributed by atoms with Crippen molar-refractivity contribution in [3.8, 4) is 0 Å². The van der Waals surface area contributed by atoms with Crippen LogP contribution in [-0.2, 0) is 9.53 Å². The van der Waals surface area contributed by atoms with Gasteiger partial charge in [-0.3, -0.25) is 9.78 Å². The first-order valence-corrected chi connectivity index (χ1v) is 5.01. The number of esters is 1. The van der Waals surface area contributed by atoms with Crippen LogP contribution in [0.25, 0.3) is 0 Å². The molecule has 1 saturated heterocycles. The van der Waals surface area contributed by atoms with Gasteiger partial charge in [0.15, 0.2) is 0 Å². The predicted molar refractivity (Wildman–Crippen MR) is 55.4 cm³/mol. The minimum atomic E-state index is -0.137. The third-order valence-corrected chi connectivity index (χ3v) is 2.85. The molecule has 0 unspecified atom stereocenters. The van der Waals surface area contributed by atoms with Gasteiger partial charge in [-0.1, -0.05) is 0 Å². The van der Waals surface area contributed by atoms with Gasteiger partial charge in [0.1, 0.15) is 0 Å². The lowest BCUT2D eigenvalue weighted by Crippen LogP contribution is -2.22. The Balaban J connectivity index is 2.18. The van der Waals surface area contributed by atoms with E-state index in [1.165, 1.54) is 7.11 Å². The molecular formula is C11H14N2O2. The Morgan fingerprint density at radius 2 is 2.20 bits per heavy atom. The Bertz CT molecular complexity index is 340. The molecule has 4 nitrogen and oxygen atoms in total. The molecule has 1 aliphatic heterocycles. The molecule has 1 fully saturated rings. The third-order valence-electron chi connectivity index (χ3n) is 2.85. The van der Waals surface area contributed by atoms with Gasteiger partial charge >= 0.3 is 5.97 Å². The second-order valence-electron chi connectivity index (χ2n) is 3.67. The van der Waals surface area contributed by atoms with Gasteiger partial charge in [0.2, 0.25) is 0 Å². The van der Waals surface area contributed by atoms with Crippen LogP contribution in [0.3, 0.4) is 0 Å². The number of ether oxygens (including phenoxy) is 1. The maximum absolute atomic E-state index is 11.5. The molecule has 80 valence electrons. The highest BCUT2D eigenvalue weighted by molar-refractivity contribution is 5.74. The van der Waals surface area contributed by atoms with E-state index >= 15 is 0 Å². The van der Waals surface area contributed by atoms with E-state index in [1.54, 1.807) is 12.4 Å². The van der Waals surface area contributed by atoms with Crippen LogP contribution in [0, 0.1) is 5.92 Å². The molecule has 1 aliphatic rings. The van der Waals surface area contributed by atoms with Crippen molar-refractivity contribution in [2.45, 2.75) is 5.92 Å². The highest BCUT2D eigenvalue weighted by Gasteiger charge is 2.34. The molecule has 2 heterocycles. The van der Waals surface area contributed by atoms with E-state index in [0.717, 1.165) is 12.1 Å². The van der Waals surface area contributed by atoms with E-state index < -0.39 is 0 Å². The lowest BCUT2D eigenvalue weighted by atomic mass is 9.90. The second-order valence-corrected chi connectivity index (χ2v) is 3.67. The number of nitrogens with zero attached hydrogens (tertiary/aromatic N) is 1. The molecule has 15 heavy (non-hydrogen) atoms. The number of hydrogen-bond acceptors (Lipinski definition) is 4. The van der Waals surface area contributed by atoms with E-state index in [1.807, 2.05) is 12.1 Å². The fraction of sp³-hybridized carbons (Fsp3) is 0.455. The zero-order valence-corrected chi connectivity index (χ0v) is 8.64. The molecule has 0 bridgehead atoms. The third kappa shape index (κ3) is 1.99. The Morgan fingerprint density at radius 3 is 2.87 bits per heavy atom. The molecule has 0 radical (unpaired) electrons. The van der Waals surface area contributed by atoms with Crippen molar-refractivity contribution in [1.29, 1.82) is 0 Å². The summed E-state index contributed by atoms with van der Waals surface area (Å²) in [5.41, 5.74) is 1.14. The van der Waals surface area contributed by atoms with Crippen LogP contribution in [-0.4, -0.2) is 31.2 Å². The van der Waals surface area contributed by atoms with Gasteiger partial charge in [0.25, 0.3) is 0 Å². The van der Waals surface area contributed by atoms with Gasteiger partial charge in [0, 0.05) is 31.4 Å². The number of nitrogens with one attached hydrogen (secondary N) is 1. The smallest absolute Gasteiger partial charge is 0.310 e. The summed E-state index contributed by atoms with van der Waals surface area (Å²) in [6, 6.07) is 3.90. The van der Waals surface area contributed by atoms with Crippen LogP contribution >= 0.6 is 0 Å². The molecule has 0 aromatic carbocycles. The summed E-state index contributed by atoms with van der Waals surface area (Å²) in [6.07, 6.45) is 3.50. The minimum Gasteiger partial charge on any atom is -0.469 e. The van der Waals surface area contributed by atoms with Crippen LogP contribution in [0.2, 0.25) is 0 Å². The van der Waals surface area contributed by atoms with E-state index in [4.69, 9.17) is 4.74 Å². The molecule has 0 aliphatic carbocycles. The maximum atomic E-state index is 11.5. The van der Waals surface area contributed by atoms with Gasteiger partial charge in [-0.2, -0.15) is 0 Å². The van der Waals surface area contributed by atoms with Crippen molar-refractivity contribution in [1.82, 2.24) is 10.3 Å². The summed E-state index contributed by atoms with van der Waals surface area (Å²) in [6.45, 7) is 1.52. The van der Waals surface area contributed by atoms with Crippen LogP contribution in [0.1, 0.15) is 11.5 Å². The predicted octanol–water partition coefficient (Wildman–Crippen LogP) is 0.558. The molecule has 1 N–H and O–H groups in total. The average molecular weight is 206 g/mol. The topological polar surface area (TPSA) is 51.2 Å². The minimum absolute atomic E-state index is 0.0719. The summed E-state index contributed by atoms with van der Waals surface area (Å²) in [5.74, 6) is -0.000313. The van der Waals surface area contributed by atoms with Crippen molar-refractivity contribution in [2.75, 3.05) is 20.2 Å². The van der Waals surface area contributed by atoms with Crippen molar-refractivity contribution in [3.05, 3.63) is 30.1 Å². The van der Waals surface area contributed by atoms with Gasteiger partial charge in [0.05, 0.1) is 13.0 Å². The summed E-state index contributed by atoms with van der Waals surface area (Å²) in [7, 11) is 1.43. The standard InChI is InChI=1S/C11H14N2O2/c1-15-11(14)10-7-13-6-9(10)8-2-4-12-5-3-8/h2-5,9-10,13H,6-7H2,1H3/t9-,10+/m0/s1. The first-order chi connectivity index (χ1) is 7.33. The molecule has 1 aromatic rings.